The standard InChI is InChI=1S/C43H45FN4O7/c44-33-9-4-6-31(24-33)28-48(21-5-20-45-27-37(50)34-14-16-36(49)41-35(34)15-17-38(51)46-41)40(53)26-30-12-10-29(11-13-30)25-39(52)47-22-18-43(19-23-47,42(54)55)32-7-2-1-3-8-32/h1-4,6-17,24,37,45,49-50H,5,18-23,25-28H2,(H,46,51)(H,54,55). The molecule has 1 aromatic heterocycles. The third kappa shape index (κ3) is 9.45. The number of pyridine rings is 1. The maximum atomic E-state index is 14.0. The number of likely N-dealkylation sites (tertiary alicyclic amines) is 1. The van der Waals surface area contributed by atoms with E-state index in [-0.39, 0.29) is 54.6 Å². The second-order valence-corrected chi connectivity index (χ2v) is 14.1. The van der Waals surface area contributed by atoms with Crippen LogP contribution in [0.25, 0.3) is 10.9 Å². The molecule has 0 saturated carbocycles. The molecule has 2 heterocycles. The van der Waals surface area contributed by atoms with Gasteiger partial charge in [-0.15, -0.1) is 0 Å². The summed E-state index contributed by atoms with van der Waals surface area (Å²) in [4.78, 5) is 56.9. The number of halogens is 1. The van der Waals surface area contributed by atoms with Gasteiger partial charge in [-0.2, -0.15) is 0 Å². The number of aliphatic hydroxyl groups excluding tert-OH is 1. The minimum Gasteiger partial charge on any atom is -0.506 e. The number of benzene rings is 4. The molecule has 5 aromatic rings. The van der Waals surface area contributed by atoms with Gasteiger partial charge in [-0.25, -0.2) is 4.39 Å². The maximum absolute atomic E-state index is 14.0. The topological polar surface area (TPSA) is 163 Å². The van der Waals surface area contributed by atoms with Crippen LogP contribution in [0.15, 0.2) is 108 Å². The summed E-state index contributed by atoms with van der Waals surface area (Å²) in [5.74, 6) is -1.58. The van der Waals surface area contributed by atoms with Crippen LogP contribution in [0.2, 0.25) is 0 Å². The van der Waals surface area contributed by atoms with E-state index in [0.29, 0.717) is 62.0 Å². The lowest BCUT2D eigenvalue weighted by Crippen LogP contribution is -2.49. The number of phenolic OH excluding ortho intramolecular Hbond substituents is 1. The van der Waals surface area contributed by atoms with Crippen LogP contribution < -0.4 is 10.9 Å². The first-order valence-electron chi connectivity index (χ1n) is 18.4. The third-order valence-electron chi connectivity index (χ3n) is 10.4. The molecule has 1 aliphatic heterocycles. The summed E-state index contributed by atoms with van der Waals surface area (Å²) in [5, 5.41) is 34.9. The second kappa shape index (κ2) is 17.5. The molecular weight excluding hydrogens is 703 g/mol. The van der Waals surface area contributed by atoms with Crippen molar-refractivity contribution >= 4 is 28.7 Å². The summed E-state index contributed by atoms with van der Waals surface area (Å²) < 4.78 is 14.0. The zero-order valence-electron chi connectivity index (χ0n) is 30.4. The fourth-order valence-electron chi connectivity index (χ4n) is 7.31. The number of piperidine rings is 1. The fourth-order valence-corrected chi connectivity index (χ4v) is 7.31. The molecule has 0 bridgehead atoms. The van der Waals surface area contributed by atoms with Crippen LogP contribution in [0, 0.1) is 5.82 Å². The molecule has 55 heavy (non-hydrogen) atoms. The number of carboxylic acids is 1. The van der Waals surface area contributed by atoms with E-state index in [1.165, 1.54) is 24.3 Å². The molecule has 286 valence electrons. The van der Waals surface area contributed by atoms with Crippen molar-refractivity contribution in [1.29, 1.82) is 0 Å². The molecule has 12 heteroatoms. The van der Waals surface area contributed by atoms with E-state index in [4.69, 9.17) is 0 Å². The largest absolute Gasteiger partial charge is 0.506 e. The molecule has 2 amide bonds. The van der Waals surface area contributed by atoms with Gasteiger partial charge in [-0.1, -0.05) is 72.8 Å². The van der Waals surface area contributed by atoms with Crippen molar-refractivity contribution in [2.24, 2.45) is 0 Å². The molecule has 6 rings (SSSR count). The molecule has 4 aromatic carbocycles. The van der Waals surface area contributed by atoms with Crippen LogP contribution in [-0.4, -0.2) is 80.6 Å². The number of nitrogens with one attached hydrogen (secondary N) is 2. The fraction of sp³-hybridized carbons (Fsp3) is 0.302. The summed E-state index contributed by atoms with van der Waals surface area (Å²) in [7, 11) is 0. The van der Waals surface area contributed by atoms with E-state index in [2.05, 4.69) is 10.3 Å². The Kier molecular flexibility index (Phi) is 12.4. The van der Waals surface area contributed by atoms with Gasteiger partial charge >= 0.3 is 5.97 Å². The number of rotatable bonds is 15. The lowest BCUT2D eigenvalue weighted by Gasteiger charge is -2.39. The predicted octanol–water partition coefficient (Wildman–Crippen LogP) is 4.84. The van der Waals surface area contributed by atoms with Crippen molar-refractivity contribution in [2.45, 2.75) is 50.2 Å². The Labute approximate surface area is 318 Å². The highest BCUT2D eigenvalue weighted by molar-refractivity contribution is 5.87. The van der Waals surface area contributed by atoms with Crippen molar-refractivity contribution in [1.82, 2.24) is 20.1 Å². The average Bonchev–Trinajstić information content (AvgIpc) is 3.18. The van der Waals surface area contributed by atoms with Crippen LogP contribution in [-0.2, 0) is 39.2 Å². The summed E-state index contributed by atoms with van der Waals surface area (Å²) in [6, 6.07) is 28.6. The normalized spacial score (nSPS) is 14.4. The number of H-pyrrole nitrogens is 1. The van der Waals surface area contributed by atoms with Gasteiger partial charge in [-0.05, 0) is 77.9 Å². The second-order valence-electron chi connectivity index (χ2n) is 14.1. The van der Waals surface area contributed by atoms with E-state index < -0.39 is 23.3 Å². The van der Waals surface area contributed by atoms with Crippen molar-refractivity contribution in [2.75, 3.05) is 32.7 Å². The number of fused-ring (bicyclic) bond motifs is 1. The molecule has 1 unspecified atom stereocenters. The average molecular weight is 749 g/mol. The number of amides is 2. The lowest BCUT2D eigenvalue weighted by atomic mass is 9.73. The van der Waals surface area contributed by atoms with Gasteiger partial charge in [-0.3, -0.25) is 19.2 Å². The maximum Gasteiger partial charge on any atom is 0.314 e. The van der Waals surface area contributed by atoms with Crippen molar-refractivity contribution < 1.29 is 34.1 Å². The van der Waals surface area contributed by atoms with Crippen molar-refractivity contribution in [3.8, 4) is 5.75 Å². The Bertz CT molecular complexity index is 2180. The summed E-state index contributed by atoms with van der Waals surface area (Å²) in [6.45, 7) is 1.95. The summed E-state index contributed by atoms with van der Waals surface area (Å²) in [5.41, 5.74) is 2.39. The van der Waals surface area contributed by atoms with Gasteiger partial charge in [0.1, 0.15) is 11.6 Å². The number of aromatic amines is 1. The van der Waals surface area contributed by atoms with Crippen LogP contribution in [0.5, 0.6) is 5.75 Å². The molecule has 1 saturated heterocycles. The van der Waals surface area contributed by atoms with Crippen molar-refractivity contribution in [3.05, 3.63) is 147 Å². The van der Waals surface area contributed by atoms with E-state index in [1.807, 2.05) is 54.6 Å². The Morgan fingerprint density at radius 3 is 2.27 bits per heavy atom. The van der Waals surface area contributed by atoms with Gasteiger partial charge in [0.05, 0.1) is 29.9 Å². The minimum absolute atomic E-state index is 0.0777. The Balaban J connectivity index is 1.02. The molecule has 1 aliphatic rings. The number of carbonyl (C=O) groups is 3. The molecule has 1 fully saturated rings. The highest BCUT2D eigenvalue weighted by Crippen LogP contribution is 2.36. The Morgan fingerprint density at radius 2 is 1.58 bits per heavy atom. The quantitative estimate of drug-likeness (QED) is 0.0950. The number of carboxylic acid groups (broad SMARTS) is 1. The number of aliphatic carboxylic acids is 1. The number of hydrogen-bond acceptors (Lipinski definition) is 7. The molecule has 5 N–H and O–H groups in total. The number of phenols is 1. The first-order chi connectivity index (χ1) is 26.5. The highest BCUT2D eigenvalue weighted by Gasteiger charge is 2.43. The number of aromatic nitrogens is 1. The first kappa shape index (κ1) is 38.9. The van der Waals surface area contributed by atoms with Crippen LogP contribution in [0.3, 0.4) is 0 Å². The number of hydrogen-bond donors (Lipinski definition) is 5. The number of carbonyl (C=O) groups excluding carboxylic acids is 2. The lowest BCUT2D eigenvalue weighted by molar-refractivity contribution is -0.148. The van der Waals surface area contributed by atoms with Crippen LogP contribution in [0.1, 0.15) is 53.2 Å². The Hall–Kier alpha value is -5.85. The molecule has 0 aliphatic carbocycles. The van der Waals surface area contributed by atoms with Gasteiger partial charge in [0, 0.05) is 44.2 Å². The zero-order valence-corrected chi connectivity index (χ0v) is 30.4. The molecule has 0 spiro atoms. The van der Waals surface area contributed by atoms with E-state index >= 15 is 0 Å². The SMILES string of the molecule is O=C(Cc1ccc(CC(=O)N(CCCNCC(O)c2ccc(O)c3[nH]c(=O)ccc23)Cc2cccc(F)c2)cc1)N1CCC(C(=O)O)(c2ccccc2)CC1. The molecular formula is C43H45FN4O7. The van der Waals surface area contributed by atoms with Gasteiger partial charge in [0.2, 0.25) is 17.4 Å². The van der Waals surface area contributed by atoms with E-state index in [0.717, 1.165) is 16.7 Å². The molecule has 1 atom stereocenters. The Morgan fingerprint density at radius 1 is 0.873 bits per heavy atom. The van der Waals surface area contributed by atoms with Gasteiger partial charge in [0.15, 0.2) is 0 Å². The van der Waals surface area contributed by atoms with Crippen molar-refractivity contribution in [3.63, 3.8) is 0 Å². The van der Waals surface area contributed by atoms with E-state index in [9.17, 15) is 38.9 Å². The smallest absolute Gasteiger partial charge is 0.314 e. The number of nitrogens with zero attached hydrogens (tertiary/aromatic N) is 2. The molecule has 0 radical (unpaired) electrons. The monoisotopic (exact) mass is 748 g/mol. The van der Waals surface area contributed by atoms with Gasteiger partial charge < -0.3 is 35.4 Å². The highest BCUT2D eigenvalue weighted by atomic mass is 19.1. The zero-order chi connectivity index (χ0) is 39.0. The van der Waals surface area contributed by atoms with E-state index in [1.54, 1.807) is 34.1 Å². The number of aromatic hydroxyl groups is 1. The van der Waals surface area contributed by atoms with Gasteiger partial charge in [0.25, 0.3) is 0 Å². The van der Waals surface area contributed by atoms with Crippen LogP contribution in [0.4, 0.5) is 4.39 Å². The van der Waals surface area contributed by atoms with Crippen LogP contribution >= 0.6 is 0 Å². The molecule has 11 nitrogen and oxygen atoms in total. The summed E-state index contributed by atoms with van der Waals surface area (Å²) >= 11 is 0. The number of aliphatic hydroxyl groups is 1. The minimum atomic E-state index is -1.01. The summed E-state index contributed by atoms with van der Waals surface area (Å²) in [6.07, 6.45) is 0.570. The predicted molar refractivity (Wildman–Crippen MR) is 206 cm³/mol. The first-order valence-corrected chi connectivity index (χ1v) is 18.4. The third-order valence-corrected chi connectivity index (χ3v) is 10.4.